The van der Waals surface area contributed by atoms with Gasteiger partial charge in [0.1, 0.15) is 4.47 Å². The summed E-state index contributed by atoms with van der Waals surface area (Å²) in [6.45, 7) is 8.90. The van der Waals surface area contributed by atoms with E-state index in [9.17, 15) is 4.79 Å². The Bertz CT molecular complexity index is 554. The molecular formula is C14H20BrN3O2. The van der Waals surface area contributed by atoms with E-state index in [2.05, 4.69) is 46.8 Å². The van der Waals surface area contributed by atoms with Crippen LogP contribution in [0.25, 0.3) is 0 Å². The number of rotatable bonds is 4. The van der Waals surface area contributed by atoms with E-state index >= 15 is 0 Å². The van der Waals surface area contributed by atoms with Crippen LogP contribution in [0.4, 0.5) is 5.69 Å². The molecule has 1 saturated heterocycles. The third-order valence-corrected chi connectivity index (χ3v) is 4.11. The SMILES string of the molecule is C=CCn1ncc(NC2CCOC(C)(C)C2)c(Br)c1=O. The van der Waals surface area contributed by atoms with Crippen LogP contribution in [0.3, 0.4) is 0 Å². The average molecular weight is 342 g/mol. The summed E-state index contributed by atoms with van der Waals surface area (Å²) in [5.74, 6) is 0. The maximum Gasteiger partial charge on any atom is 0.283 e. The average Bonchev–Trinajstić information content (AvgIpc) is 2.37. The van der Waals surface area contributed by atoms with Gasteiger partial charge < -0.3 is 10.1 Å². The molecule has 110 valence electrons. The maximum atomic E-state index is 12.1. The lowest BCUT2D eigenvalue weighted by molar-refractivity contribution is -0.0553. The van der Waals surface area contributed by atoms with Crippen LogP contribution < -0.4 is 10.9 Å². The number of anilines is 1. The Balaban J connectivity index is 2.16. The lowest BCUT2D eigenvalue weighted by Gasteiger charge is -2.36. The maximum absolute atomic E-state index is 12.1. The summed E-state index contributed by atoms with van der Waals surface area (Å²) in [7, 11) is 0. The van der Waals surface area contributed by atoms with Crippen LogP contribution in [0.2, 0.25) is 0 Å². The van der Waals surface area contributed by atoms with Crippen LogP contribution in [-0.2, 0) is 11.3 Å². The van der Waals surface area contributed by atoms with Gasteiger partial charge in [-0.1, -0.05) is 6.08 Å². The van der Waals surface area contributed by atoms with Crippen molar-refractivity contribution < 1.29 is 4.74 Å². The molecule has 5 nitrogen and oxygen atoms in total. The molecule has 2 heterocycles. The second-order valence-electron chi connectivity index (χ2n) is 5.59. The molecule has 0 aromatic carbocycles. The van der Waals surface area contributed by atoms with Crippen LogP contribution in [0.15, 0.2) is 28.1 Å². The van der Waals surface area contributed by atoms with Crippen molar-refractivity contribution >= 4 is 21.6 Å². The van der Waals surface area contributed by atoms with Gasteiger partial charge in [0.05, 0.1) is 24.0 Å². The van der Waals surface area contributed by atoms with Gasteiger partial charge in [-0.05, 0) is 42.6 Å². The summed E-state index contributed by atoms with van der Waals surface area (Å²) in [6, 6.07) is 0.284. The summed E-state index contributed by atoms with van der Waals surface area (Å²) in [5.41, 5.74) is 0.451. The molecular weight excluding hydrogens is 322 g/mol. The standard InChI is InChI=1S/C14H20BrN3O2/c1-4-6-18-13(19)12(15)11(9-16-18)17-10-5-7-20-14(2,3)8-10/h4,9-10,17H,1,5-8H2,2-3H3. The van der Waals surface area contributed by atoms with E-state index in [0.717, 1.165) is 25.1 Å². The van der Waals surface area contributed by atoms with E-state index in [-0.39, 0.29) is 17.2 Å². The molecule has 1 aromatic rings. The highest BCUT2D eigenvalue weighted by Gasteiger charge is 2.29. The highest BCUT2D eigenvalue weighted by molar-refractivity contribution is 9.10. The first-order valence-electron chi connectivity index (χ1n) is 6.70. The number of halogens is 1. The molecule has 0 amide bonds. The molecule has 1 aliphatic heterocycles. The predicted octanol–water partition coefficient (Wildman–Crippen LogP) is 2.56. The first kappa shape index (κ1) is 15.3. The van der Waals surface area contributed by atoms with Crippen molar-refractivity contribution in [2.75, 3.05) is 11.9 Å². The molecule has 0 bridgehead atoms. The number of aromatic nitrogens is 2. The van der Waals surface area contributed by atoms with Gasteiger partial charge in [-0.15, -0.1) is 6.58 Å². The summed E-state index contributed by atoms with van der Waals surface area (Å²) in [6.07, 6.45) is 5.15. The minimum Gasteiger partial charge on any atom is -0.380 e. The Labute approximate surface area is 127 Å². The molecule has 1 N–H and O–H groups in total. The zero-order valence-corrected chi connectivity index (χ0v) is 13.4. The summed E-state index contributed by atoms with van der Waals surface area (Å²) in [4.78, 5) is 12.1. The second kappa shape index (κ2) is 6.10. The van der Waals surface area contributed by atoms with Crippen molar-refractivity contribution in [3.63, 3.8) is 0 Å². The number of allylic oxidation sites excluding steroid dienone is 1. The van der Waals surface area contributed by atoms with Crippen molar-refractivity contribution in [2.45, 2.75) is 44.9 Å². The van der Waals surface area contributed by atoms with Gasteiger partial charge in [0, 0.05) is 12.6 Å². The molecule has 0 spiro atoms. The third-order valence-electron chi connectivity index (χ3n) is 3.34. The van der Waals surface area contributed by atoms with E-state index in [0.29, 0.717) is 11.0 Å². The minimum absolute atomic E-state index is 0.131. The van der Waals surface area contributed by atoms with Crippen molar-refractivity contribution in [1.82, 2.24) is 9.78 Å². The molecule has 1 fully saturated rings. The molecule has 0 radical (unpaired) electrons. The lowest BCUT2D eigenvalue weighted by atomic mass is 9.94. The summed E-state index contributed by atoms with van der Waals surface area (Å²) in [5, 5.41) is 7.53. The number of ether oxygens (including phenoxy) is 1. The van der Waals surface area contributed by atoms with Crippen molar-refractivity contribution in [1.29, 1.82) is 0 Å². The fraction of sp³-hybridized carbons (Fsp3) is 0.571. The van der Waals surface area contributed by atoms with E-state index in [1.54, 1.807) is 12.3 Å². The van der Waals surface area contributed by atoms with E-state index in [4.69, 9.17) is 4.74 Å². The zero-order chi connectivity index (χ0) is 14.8. The largest absolute Gasteiger partial charge is 0.380 e. The molecule has 0 aliphatic carbocycles. The highest BCUT2D eigenvalue weighted by atomic mass is 79.9. The normalized spacial score (nSPS) is 21.4. The van der Waals surface area contributed by atoms with E-state index in [1.165, 1.54) is 4.68 Å². The number of nitrogens with zero attached hydrogens (tertiary/aromatic N) is 2. The zero-order valence-electron chi connectivity index (χ0n) is 11.9. The third kappa shape index (κ3) is 3.49. The summed E-state index contributed by atoms with van der Waals surface area (Å²) < 4.78 is 7.58. The Morgan fingerprint density at radius 2 is 2.45 bits per heavy atom. The van der Waals surface area contributed by atoms with Gasteiger partial charge in [-0.3, -0.25) is 4.79 Å². The van der Waals surface area contributed by atoms with Gasteiger partial charge in [-0.2, -0.15) is 5.10 Å². The molecule has 6 heteroatoms. The van der Waals surface area contributed by atoms with Gasteiger partial charge in [0.2, 0.25) is 0 Å². The Morgan fingerprint density at radius 3 is 3.10 bits per heavy atom. The smallest absolute Gasteiger partial charge is 0.283 e. The highest BCUT2D eigenvalue weighted by Crippen LogP contribution is 2.27. The fourth-order valence-electron chi connectivity index (χ4n) is 2.39. The lowest BCUT2D eigenvalue weighted by Crippen LogP contribution is -2.40. The quantitative estimate of drug-likeness (QED) is 0.855. The van der Waals surface area contributed by atoms with Crippen LogP contribution >= 0.6 is 15.9 Å². The van der Waals surface area contributed by atoms with Crippen LogP contribution in [0.1, 0.15) is 26.7 Å². The number of hydrogen-bond acceptors (Lipinski definition) is 4. The van der Waals surface area contributed by atoms with Crippen LogP contribution in [0, 0.1) is 0 Å². The fourth-order valence-corrected chi connectivity index (χ4v) is 2.81. The van der Waals surface area contributed by atoms with Crippen molar-refractivity contribution in [2.24, 2.45) is 0 Å². The Morgan fingerprint density at radius 1 is 1.70 bits per heavy atom. The molecule has 1 aromatic heterocycles. The molecule has 0 saturated carbocycles. The number of nitrogens with one attached hydrogen (secondary N) is 1. The van der Waals surface area contributed by atoms with Gasteiger partial charge in [0.25, 0.3) is 5.56 Å². The van der Waals surface area contributed by atoms with Crippen LogP contribution in [-0.4, -0.2) is 28.0 Å². The number of hydrogen-bond donors (Lipinski definition) is 1. The first-order chi connectivity index (χ1) is 9.43. The molecule has 1 atom stereocenters. The van der Waals surface area contributed by atoms with E-state index < -0.39 is 0 Å². The molecule has 2 rings (SSSR count). The minimum atomic E-state index is -0.152. The monoisotopic (exact) mass is 341 g/mol. The van der Waals surface area contributed by atoms with Gasteiger partial charge in [-0.25, -0.2) is 4.68 Å². The second-order valence-corrected chi connectivity index (χ2v) is 6.38. The van der Waals surface area contributed by atoms with Gasteiger partial charge in [0.15, 0.2) is 0 Å². The Kier molecular flexibility index (Phi) is 4.65. The topological polar surface area (TPSA) is 56.1 Å². The van der Waals surface area contributed by atoms with Crippen LogP contribution in [0.5, 0.6) is 0 Å². The van der Waals surface area contributed by atoms with Gasteiger partial charge >= 0.3 is 0 Å². The Hall–Kier alpha value is -1.14. The predicted molar refractivity (Wildman–Crippen MR) is 83.1 cm³/mol. The molecule has 1 unspecified atom stereocenters. The summed E-state index contributed by atoms with van der Waals surface area (Å²) >= 11 is 3.36. The van der Waals surface area contributed by atoms with Crippen molar-refractivity contribution in [3.8, 4) is 0 Å². The molecule has 20 heavy (non-hydrogen) atoms. The first-order valence-corrected chi connectivity index (χ1v) is 7.49. The van der Waals surface area contributed by atoms with Crippen molar-refractivity contribution in [3.05, 3.63) is 33.7 Å². The van der Waals surface area contributed by atoms with E-state index in [1.807, 2.05) is 0 Å². The molecule has 1 aliphatic rings.